The van der Waals surface area contributed by atoms with Crippen molar-refractivity contribution in [2.45, 2.75) is 12.5 Å². The molecule has 9 heteroatoms. The van der Waals surface area contributed by atoms with E-state index in [1.807, 2.05) is 0 Å². The molecular formula is C19H13N2O5S2-. The third-order valence-corrected chi connectivity index (χ3v) is 5.43. The van der Waals surface area contributed by atoms with Crippen molar-refractivity contribution >= 4 is 51.9 Å². The minimum Gasteiger partial charge on any atom is -0.548 e. The largest absolute Gasteiger partial charge is 0.548 e. The zero-order valence-electron chi connectivity index (χ0n) is 14.3. The van der Waals surface area contributed by atoms with Gasteiger partial charge in [0.1, 0.15) is 4.32 Å². The fourth-order valence-electron chi connectivity index (χ4n) is 2.78. The SMILES string of the molecule is O=C([O-])[C@@H](Cc1ccccc1)N1C(=O)/C(=C/c2ccccc2[N+](=O)[O-])SC1=S. The molecule has 7 nitrogen and oxygen atoms in total. The summed E-state index contributed by atoms with van der Waals surface area (Å²) in [6.45, 7) is 0. The highest BCUT2D eigenvalue weighted by molar-refractivity contribution is 8.26. The van der Waals surface area contributed by atoms with Crippen molar-refractivity contribution in [3.05, 3.63) is 80.7 Å². The number of thiocarbonyl (C=S) groups is 1. The Morgan fingerprint density at radius 2 is 1.82 bits per heavy atom. The van der Waals surface area contributed by atoms with E-state index < -0.39 is 22.8 Å². The molecule has 0 aromatic heterocycles. The number of para-hydroxylation sites is 1. The molecule has 0 aliphatic carbocycles. The smallest absolute Gasteiger partial charge is 0.276 e. The molecule has 0 bridgehead atoms. The Morgan fingerprint density at radius 1 is 1.18 bits per heavy atom. The van der Waals surface area contributed by atoms with Gasteiger partial charge in [0.15, 0.2) is 0 Å². The van der Waals surface area contributed by atoms with Crippen molar-refractivity contribution in [3.8, 4) is 0 Å². The Morgan fingerprint density at radius 3 is 2.46 bits per heavy atom. The summed E-state index contributed by atoms with van der Waals surface area (Å²) in [5.41, 5.74) is 0.794. The number of carboxylic acid groups (broad SMARTS) is 1. The van der Waals surface area contributed by atoms with E-state index in [1.54, 1.807) is 36.4 Å². The molecule has 0 N–H and O–H groups in total. The minimum atomic E-state index is -1.42. The molecule has 28 heavy (non-hydrogen) atoms. The Bertz CT molecular complexity index is 991. The first-order chi connectivity index (χ1) is 13.4. The van der Waals surface area contributed by atoms with Crippen LogP contribution in [0.2, 0.25) is 0 Å². The lowest BCUT2D eigenvalue weighted by atomic mass is 10.0. The minimum absolute atomic E-state index is 0.0361. The van der Waals surface area contributed by atoms with Crippen LogP contribution < -0.4 is 5.11 Å². The second-order valence-corrected chi connectivity index (χ2v) is 7.57. The number of rotatable bonds is 6. The molecule has 0 spiro atoms. The second-order valence-electron chi connectivity index (χ2n) is 5.89. The number of amides is 1. The van der Waals surface area contributed by atoms with Crippen molar-refractivity contribution in [3.63, 3.8) is 0 Å². The van der Waals surface area contributed by atoms with Crippen LogP contribution in [0.3, 0.4) is 0 Å². The molecule has 1 amide bonds. The molecule has 1 aliphatic heterocycles. The molecule has 1 fully saturated rings. The zero-order chi connectivity index (χ0) is 20.3. The quantitative estimate of drug-likeness (QED) is 0.309. The van der Waals surface area contributed by atoms with Gasteiger partial charge in [-0.3, -0.25) is 19.8 Å². The van der Waals surface area contributed by atoms with E-state index in [4.69, 9.17) is 12.2 Å². The number of nitro groups is 1. The van der Waals surface area contributed by atoms with E-state index in [9.17, 15) is 24.8 Å². The molecule has 0 saturated carbocycles. The molecule has 2 aromatic carbocycles. The van der Waals surface area contributed by atoms with Crippen LogP contribution in [0.15, 0.2) is 59.5 Å². The number of nitro benzene ring substituents is 1. The monoisotopic (exact) mass is 413 g/mol. The summed E-state index contributed by atoms with van der Waals surface area (Å²) < 4.78 is 0.0694. The summed E-state index contributed by atoms with van der Waals surface area (Å²) in [5.74, 6) is -2.04. The summed E-state index contributed by atoms with van der Waals surface area (Å²) in [5, 5.41) is 22.9. The molecule has 0 unspecified atom stereocenters. The van der Waals surface area contributed by atoms with Crippen LogP contribution in [-0.2, 0) is 16.0 Å². The van der Waals surface area contributed by atoms with Crippen molar-refractivity contribution in [2.24, 2.45) is 0 Å². The summed E-state index contributed by atoms with van der Waals surface area (Å²) >= 11 is 6.12. The molecule has 142 valence electrons. The van der Waals surface area contributed by atoms with E-state index in [0.717, 1.165) is 16.7 Å². The van der Waals surface area contributed by atoms with Crippen molar-refractivity contribution in [1.29, 1.82) is 0 Å². The third kappa shape index (κ3) is 4.10. The Kier molecular flexibility index (Phi) is 5.86. The fourth-order valence-corrected chi connectivity index (χ4v) is 4.13. The van der Waals surface area contributed by atoms with Crippen LogP contribution in [0, 0.1) is 10.1 Å². The molecule has 1 aliphatic rings. The molecule has 0 radical (unpaired) electrons. The van der Waals surface area contributed by atoms with Gasteiger partial charge in [0.25, 0.3) is 11.6 Å². The number of nitrogens with zero attached hydrogens (tertiary/aromatic N) is 2. The van der Waals surface area contributed by atoms with Crippen LogP contribution in [0.4, 0.5) is 5.69 Å². The van der Waals surface area contributed by atoms with Crippen LogP contribution in [0.1, 0.15) is 11.1 Å². The van der Waals surface area contributed by atoms with Gasteiger partial charge in [-0.2, -0.15) is 0 Å². The first-order valence-electron chi connectivity index (χ1n) is 8.13. The van der Waals surface area contributed by atoms with Crippen molar-refractivity contribution in [1.82, 2.24) is 4.90 Å². The maximum atomic E-state index is 12.8. The maximum absolute atomic E-state index is 12.8. The molecule has 1 heterocycles. The molecular weight excluding hydrogens is 400 g/mol. The number of thioether (sulfide) groups is 1. The average Bonchev–Trinajstić information content (AvgIpc) is 2.94. The van der Waals surface area contributed by atoms with Gasteiger partial charge < -0.3 is 9.90 Å². The lowest BCUT2D eigenvalue weighted by molar-refractivity contribution is -0.385. The Labute approximate surface area is 169 Å². The summed E-state index contributed by atoms with van der Waals surface area (Å²) in [6, 6.07) is 13.5. The number of carbonyl (C=O) groups is 2. The van der Waals surface area contributed by atoms with E-state index in [2.05, 4.69) is 0 Å². The first kappa shape index (κ1) is 19.7. The number of hydrogen-bond donors (Lipinski definition) is 0. The van der Waals surface area contributed by atoms with Crippen LogP contribution in [0.5, 0.6) is 0 Å². The number of carbonyl (C=O) groups excluding carboxylic acids is 2. The molecule has 1 saturated heterocycles. The summed E-state index contributed by atoms with van der Waals surface area (Å²) in [7, 11) is 0. The predicted octanol–water partition coefficient (Wildman–Crippen LogP) is 2.16. The van der Waals surface area contributed by atoms with Gasteiger partial charge in [0, 0.05) is 6.07 Å². The van der Waals surface area contributed by atoms with E-state index in [0.29, 0.717) is 5.56 Å². The lowest BCUT2D eigenvalue weighted by Gasteiger charge is -2.27. The molecule has 3 rings (SSSR count). The topological polar surface area (TPSA) is 104 Å². The van der Waals surface area contributed by atoms with Crippen molar-refractivity contribution in [2.75, 3.05) is 0 Å². The van der Waals surface area contributed by atoms with Gasteiger partial charge in [-0.1, -0.05) is 66.4 Å². The number of carboxylic acids is 1. The average molecular weight is 413 g/mol. The first-order valence-corrected chi connectivity index (χ1v) is 9.36. The summed E-state index contributed by atoms with van der Waals surface area (Å²) in [6.07, 6.45) is 1.39. The highest BCUT2D eigenvalue weighted by Gasteiger charge is 2.38. The summed E-state index contributed by atoms with van der Waals surface area (Å²) in [4.78, 5) is 36.3. The predicted molar refractivity (Wildman–Crippen MR) is 107 cm³/mol. The van der Waals surface area contributed by atoms with Gasteiger partial charge in [0.05, 0.1) is 27.4 Å². The Hall–Kier alpha value is -3.04. The third-order valence-electron chi connectivity index (χ3n) is 4.10. The highest BCUT2D eigenvalue weighted by atomic mass is 32.2. The zero-order valence-corrected chi connectivity index (χ0v) is 15.9. The van der Waals surface area contributed by atoms with Crippen LogP contribution >= 0.6 is 24.0 Å². The lowest BCUT2D eigenvalue weighted by Crippen LogP contribution is -2.51. The number of aliphatic carboxylic acids is 1. The van der Waals surface area contributed by atoms with Gasteiger partial charge >= 0.3 is 0 Å². The van der Waals surface area contributed by atoms with E-state index in [1.165, 1.54) is 24.3 Å². The fraction of sp³-hybridized carbons (Fsp3) is 0.105. The van der Waals surface area contributed by atoms with Crippen LogP contribution in [0.25, 0.3) is 6.08 Å². The Balaban J connectivity index is 1.92. The molecule has 2 aromatic rings. The van der Waals surface area contributed by atoms with Gasteiger partial charge in [-0.05, 0) is 24.1 Å². The maximum Gasteiger partial charge on any atom is 0.276 e. The number of benzene rings is 2. The van der Waals surface area contributed by atoms with Crippen LogP contribution in [-0.4, -0.2) is 32.1 Å². The standard InChI is InChI=1S/C19H14N2O5S2/c22-17-16(11-13-8-4-5-9-14(13)21(25)26)28-19(27)20(17)15(18(23)24)10-12-6-2-1-3-7-12/h1-9,11,15H,10H2,(H,23,24)/p-1/b16-11-/t15-/m1/s1. The van der Waals surface area contributed by atoms with E-state index in [-0.39, 0.29) is 26.9 Å². The second kappa shape index (κ2) is 8.32. The van der Waals surface area contributed by atoms with Crippen molar-refractivity contribution < 1.29 is 19.6 Å². The molecule has 1 atom stereocenters. The normalized spacial score (nSPS) is 16.4. The van der Waals surface area contributed by atoms with Gasteiger partial charge in [-0.25, -0.2) is 0 Å². The van der Waals surface area contributed by atoms with Gasteiger partial charge in [0.2, 0.25) is 0 Å². The highest BCUT2D eigenvalue weighted by Crippen LogP contribution is 2.35. The number of hydrogen-bond acceptors (Lipinski definition) is 7. The van der Waals surface area contributed by atoms with Gasteiger partial charge in [-0.15, -0.1) is 0 Å². The van der Waals surface area contributed by atoms with E-state index >= 15 is 0 Å².